The Balaban J connectivity index is 1.39. The lowest BCUT2D eigenvalue weighted by atomic mass is 10.0. The van der Waals surface area contributed by atoms with Gasteiger partial charge in [-0.2, -0.15) is 0 Å². The van der Waals surface area contributed by atoms with Gasteiger partial charge in [-0.15, -0.1) is 0 Å². The molecule has 0 N–H and O–H groups in total. The van der Waals surface area contributed by atoms with E-state index in [0.29, 0.717) is 0 Å². The maximum atomic E-state index is 2.54. The fourth-order valence-electron chi connectivity index (χ4n) is 5.10. The van der Waals surface area contributed by atoms with Gasteiger partial charge < -0.3 is 9.80 Å². The highest BCUT2D eigenvalue weighted by Crippen LogP contribution is 2.18. The molecule has 0 aromatic carbocycles. The second kappa shape index (κ2) is 16.0. The van der Waals surface area contributed by atoms with Crippen molar-refractivity contribution in [2.24, 2.45) is 0 Å². The summed E-state index contributed by atoms with van der Waals surface area (Å²) in [5, 5.41) is 0. The molecule has 4 bridgehead atoms. The summed E-state index contributed by atoms with van der Waals surface area (Å²) in [6.45, 7) is 4.71. The van der Waals surface area contributed by atoms with Crippen molar-refractivity contribution >= 4 is 0 Å². The van der Waals surface area contributed by atoms with Gasteiger partial charge in [0.05, 0.1) is 0 Å². The topological polar surface area (TPSA) is 6.48 Å². The SMILES string of the molecule is C1=CN2CCCCCCCCCCC3=CN(CC=C3)CCCCCCC=CCCC(=C1)C2. The number of allylic oxidation sites excluding steroid dienone is 6. The van der Waals surface area contributed by atoms with Crippen LogP contribution in [0.1, 0.15) is 103 Å². The van der Waals surface area contributed by atoms with Crippen LogP contribution in [0.25, 0.3) is 0 Å². The van der Waals surface area contributed by atoms with Gasteiger partial charge in [-0.3, -0.25) is 0 Å². The van der Waals surface area contributed by atoms with Crippen molar-refractivity contribution in [1.29, 1.82) is 0 Å². The van der Waals surface area contributed by atoms with Gasteiger partial charge in [0.25, 0.3) is 0 Å². The third-order valence-corrected chi connectivity index (χ3v) is 7.08. The summed E-state index contributed by atoms with van der Waals surface area (Å²) in [6.07, 6.45) is 40.4. The summed E-state index contributed by atoms with van der Waals surface area (Å²) in [6, 6.07) is 0. The van der Waals surface area contributed by atoms with Crippen LogP contribution in [0.3, 0.4) is 0 Å². The first-order valence-corrected chi connectivity index (χ1v) is 13.8. The second-order valence-electron chi connectivity index (χ2n) is 10.0. The highest BCUT2D eigenvalue weighted by Gasteiger charge is 2.07. The van der Waals surface area contributed by atoms with Gasteiger partial charge in [0.2, 0.25) is 0 Å². The summed E-state index contributed by atoms with van der Waals surface area (Å²) < 4.78 is 0. The van der Waals surface area contributed by atoms with Crippen molar-refractivity contribution in [2.75, 3.05) is 26.2 Å². The molecule has 0 aromatic rings. The standard InChI is InChI=1S/C30H48N2/c1-3-7-11-15-23-31-25-18-22-30(28-31)20-14-10-6-2-4-8-12-16-24-32-26-17-21-29(27-32)19-13-9-5-1/h5,9,17-18,21-22,26,28H,1-4,6-8,10-16,19-20,23-25,27H2. The van der Waals surface area contributed by atoms with Gasteiger partial charge in [0.15, 0.2) is 0 Å². The van der Waals surface area contributed by atoms with Crippen LogP contribution in [-0.2, 0) is 0 Å². The Morgan fingerprint density at radius 3 is 2.12 bits per heavy atom. The number of hydrogen-bond acceptors (Lipinski definition) is 2. The number of nitrogens with zero attached hydrogens (tertiary/aromatic N) is 2. The van der Waals surface area contributed by atoms with E-state index in [-0.39, 0.29) is 0 Å². The summed E-state index contributed by atoms with van der Waals surface area (Å²) in [5.41, 5.74) is 3.15. The molecule has 2 nitrogen and oxygen atoms in total. The minimum atomic E-state index is 1.11. The van der Waals surface area contributed by atoms with Gasteiger partial charge in [0, 0.05) is 32.4 Å². The average Bonchev–Trinajstić information content (AvgIpc) is 2.81. The van der Waals surface area contributed by atoms with Crippen LogP contribution in [0.2, 0.25) is 0 Å². The van der Waals surface area contributed by atoms with Gasteiger partial charge in [-0.05, 0) is 69.2 Å². The van der Waals surface area contributed by atoms with E-state index < -0.39 is 0 Å². The molecule has 0 atom stereocenters. The first kappa shape index (κ1) is 24.9. The molecule has 0 radical (unpaired) electrons. The van der Waals surface area contributed by atoms with E-state index >= 15 is 0 Å². The lowest BCUT2D eigenvalue weighted by molar-refractivity contribution is 0.380. The molecule has 0 aromatic heterocycles. The van der Waals surface area contributed by atoms with Crippen LogP contribution in [0.15, 0.2) is 60.0 Å². The maximum Gasteiger partial charge on any atom is 0.0386 e. The molecule has 0 aliphatic carbocycles. The summed E-state index contributed by atoms with van der Waals surface area (Å²) in [7, 11) is 0. The van der Waals surface area contributed by atoms with Crippen molar-refractivity contribution in [2.45, 2.75) is 103 Å². The molecule has 3 rings (SSSR count). The minimum Gasteiger partial charge on any atom is -0.373 e. The quantitative estimate of drug-likeness (QED) is 0.352. The zero-order valence-electron chi connectivity index (χ0n) is 20.7. The first-order valence-electron chi connectivity index (χ1n) is 13.8. The smallest absolute Gasteiger partial charge is 0.0386 e. The van der Waals surface area contributed by atoms with Crippen LogP contribution >= 0.6 is 0 Å². The van der Waals surface area contributed by atoms with Gasteiger partial charge in [-0.1, -0.05) is 87.3 Å². The molecule has 3 aliphatic heterocycles. The van der Waals surface area contributed by atoms with E-state index in [2.05, 4.69) is 58.7 Å². The Bertz CT molecular complexity index is 652. The Morgan fingerprint density at radius 1 is 0.594 bits per heavy atom. The van der Waals surface area contributed by atoms with Gasteiger partial charge in [-0.25, -0.2) is 0 Å². The highest BCUT2D eigenvalue weighted by atomic mass is 15.1. The lowest BCUT2D eigenvalue weighted by Crippen LogP contribution is -2.23. The van der Waals surface area contributed by atoms with Gasteiger partial charge in [0.1, 0.15) is 0 Å². The lowest BCUT2D eigenvalue weighted by Gasteiger charge is -2.24. The fraction of sp³-hybridized carbons (Fsp3) is 0.667. The predicted octanol–water partition coefficient (Wildman–Crippen LogP) is 8.31. The van der Waals surface area contributed by atoms with E-state index in [1.165, 1.54) is 116 Å². The molecule has 2 heteroatoms. The van der Waals surface area contributed by atoms with Crippen molar-refractivity contribution in [1.82, 2.24) is 9.80 Å². The van der Waals surface area contributed by atoms with E-state index in [4.69, 9.17) is 0 Å². The van der Waals surface area contributed by atoms with Gasteiger partial charge >= 0.3 is 0 Å². The normalized spacial score (nSPS) is 23.5. The molecular formula is C30H48N2. The molecule has 0 spiro atoms. The number of rotatable bonds is 0. The molecule has 0 amide bonds. The molecule has 3 heterocycles. The first-order chi connectivity index (χ1) is 15.9. The zero-order valence-corrected chi connectivity index (χ0v) is 20.7. The Kier molecular flexibility index (Phi) is 12.5. The summed E-state index contributed by atoms with van der Waals surface area (Å²) >= 11 is 0. The predicted molar refractivity (Wildman–Crippen MR) is 141 cm³/mol. The van der Waals surface area contributed by atoms with Crippen LogP contribution < -0.4 is 0 Å². The Labute approximate surface area is 198 Å². The van der Waals surface area contributed by atoms with Crippen molar-refractivity contribution in [3.8, 4) is 0 Å². The van der Waals surface area contributed by atoms with Crippen LogP contribution in [0, 0.1) is 0 Å². The maximum absolute atomic E-state index is 2.54. The fourth-order valence-corrected chi connectivity index (χ4v) is 5.10. The molecule has 0 fully saturated rings. The highest BCUT2D eigenvalue weighted by molar-refractivity contribution is 5.22. The number of fused-ring (bicyclic) bond motifs is 3. The second-order valence-corrected chi connectivity index (χ2v) is 10.0. The van der Waals surface area contributed by atoms with E-state index in [1.807, 2.05) is 0 Å². The van der Waals surface area contributed by atoms with Crippen LogP contribution in [0.5, 0.6) is 0 Å². The molecule has 0 saturated heterocycles. The van der Waals surface area contributed by atoms with Crippen molar-refractivity contribution in [3.05, 3.63) is 60.0 Å². The monoisotopic (exact) mass is 436 g/mol. The summed E-state index contributed by atoms with van der Waals surface area (Å²) in [5.74, 6) is 0. The van der Waals surface area contributed by atoms with E-state index in [1.54, 1.807) is 11.1 Å². The molecule has 32 heavy (non-hydrogen) atoms. The average molecular weight is 437 g/mol. The Morgan fingerprint density at radius 2 is 1.28 bits per heavy atom. The van der Waals surface area contributed by atoms with Crippen molar-refractivity contribution in [3.63, 3.8) is 0 Å². The molecule has 0 saturated carbocycles. The molecular weight excluding hydrogens is 388 g/mol. The third-order valence-electron chi connectivity index (χ3n) is 7.08. The van der Waals surface area contributed by atoms with E-state index in [9.17, 15) is 0 Å². The third kappa shape index (κ3) is 10.7. The largest absolute Gasteiger partial charge is 0.373 e. The van der Waals surface area contributed by atoms with Crippen LogP contribution in [-0.4, -0.2) is 36.0 Å². The molecule has 3 aliphatic rings. The van der Waals surface area contributed by atoms with E-state index in [0.717, 1.165) is 13.1 Å². The Hall–Kier alpha value is -1.70. The molecule has 0 unspecified atom stereocenters. The zero-order chi connectivity index (χ0) is 22.1. The van der Waals surface area contributed by atoms with Crippen LogP contribution in [0.4, 0.5) is 0 Å². The molecule has 178 valence electrons. The van der Waals surface area contributed by atoms with Crippen molar-refractivity contribution < 1.29 is 0 Å². The summed E-state index contributed by atoms with van der Waals surface area (Å²) in [4.78, 5) is 5.06. The minimum absolute atomic E-state index is 1.11. The number of hydrogen-bond donors (Lipinski definition) is 0.